The molecule has 0 radical (unpaired) electrons. The SMILES string of the molecule is COC(=O)c1cccc(-n2nnc(C=O)c2-c2ccncc2)c1. The van der Waals surface area contributed by atoms with Gasteiger partial charge >= 0.3 is 5.97 Å². The number of carbonyl (C=O) groups excluding carboxylic acids is 2. The van der Waals surface area contributed by atoms with E-state index in [1.165, 1.54) is 11.8 Å². The molecule has 3 aromatic rings. The molecule has 1 aromatic carbocycles. The molecule has 2 aromatic heterocycles. The fraction of sp³-hybridized carbons (Fsp3) is 0.0625. The Balaban J connectivity index is 2.16. The molecule has 0 aliphatic heterocycles. The van der Waals surface area contributed by atoms with E-state index >= 15 is 0 Å². The van der Waals surface area contributed by atoms with E-state index in [1.807, 2.05) is 0 Å². The van der Waals surface area contributed by atoms with Crippen molar-refractivity contribution in [2.75, 3.05) is 7.11 Å². The van der Waals surface area contributed by atoms with Gasteiger partial charge in [-0.25, -0.2) is 9.48 Å². The Kier molecular flexibility index (Phi) is 3.92. The van der Waals surface area contributed by atoms with Crippen molar-refractivity contribution < 1.29 is 14.3 Å². The summed E-state index contributed by atoms with van der Waals surface area (Å²) < 4.78 is 6.23. The van der Waals surface area contributed by atoms with Gasteiger partial charge in [0.2, 0.25) is 0 Å². The number of hydrogen-bond donors (Lipinski definition) is 0. The van der Waals surface area contributed by atoms with Gasteiger partial charge in [0, 0.05) is 18.0 Å². The summed E-state index contributed by atoms with van der Waals surface area (Å²) in [7, 11) is 1.32. The number of carbonyl (C=O) groups is 2. The van der Waals surface area contributed by atoms with Gasteiger partial charge in [-0.2, -0.15) is 0 Å². The van der Waals surface area contributed by atoms with Crippen LogP contribution in [-0.4, -0.2) is 39.3 Å². The van der Waals surface area contributed by atoms with Crippen LogP contribution < -0.4 is 0 Å². The monoisotopic (exact) mass is 308 g/mol. The number of esters is 1. The standard InChI is InChI=1S/C16H12N4O3/c1-23-16(22)12-3-2-4-13(9-12)20-15(14(10-21)18-19-20)11-5-7-17-8-6-11/h2-10H,1H3. The van der Waals surface area contributed by atoms with Crippen LogP contribution in [0.15, 0.2) is 48.8 Å². The average Bonchev–Trinajstić information content (AvgIpc) is 3.06. The molecular weight excluding hydrogens is 296 g/mol. The van der Waals surface area contributed by atoms with Crippen LogP contribution in [0.3, 0.4) is 0 Å². The third-order valence-corrected chi connectivity index (χ3v) is 3.27. The molecule has 0 fully saturated rings. The fourth-order valence-corrected chi connectivity index (χ4v) is 2.22. The van der Waals surface area contributed by atoms with Crippen molar-refractivity contribution in [3.63, 3.8) is 0 Å². The molecule has 0 aliphatic carbocycles. The lowest BCUT2D eigenvalue weighted by atomic mass is 10.1. The maximum Gasteiger partial charge on any atom is 0.337 e. The first kappa shape index (κ1) is 14.6. The van der Waals surface area contributed by atoms with Gasteiger partial charge in [-0.15, -0.1) is 5.10 Å². The van der Waals surface area contributed by atoms with Crippen LogP contribution in [0.25, 0.3) is 16.9 Å². The smallest absolute Gasteiger partial charge is 0.337 e. The van der Waals surface area contributed by atoms with Crippen molar-refractivity contribution in [2.24, 2.45) is 0 Å². The lowest BCUT2D eigenvalue weighted by Gasteiger charge is -2.08. The normalized spacial score (nSPS) is 10.3. The minimum absolute atomic E-state index is 0.208. The molecule has 7 nitrogen and oxygen atoms in total. The minimum Gasteiger partial charge on any atom is -0.465 e. The number of rotatable bonds is 4. The second kappa shape index (κ2) is 6.18. The van der Waals surface area contributed by atoms with Crippen LogP contribution in [0.2, 0.25) is 0 Å². The highest BCUT2D eigenvalue weighted by Crippen LogP contribution is 2.24. The number of nitrogens with zero attached hydrogens (tertiary/aromatic N) is 4. The number of pyridine rings is 1. The molecule has 0 spiro atoms. The van der Waals surface area contributed by atoms with Crippen molar-refractivity contribution in [3.05, 3.63) is 60.0 Å². The lowest BCUT2D eigenvalue weighted by Crippen LogP contribution is -2.05. The fourth-order valence-electron chi connectivity index (χ4n) is 2.22. The summed E-state index contributed by atoms with van der Waals surface area (Å²) in [6.07, 6.45) is 3.88. The van der Waals surface area contributed by atoms with Gasteiger partial charge in [0.15, 0.2) is 12.0 Å². The highest BCUT2D eigenvalue weighted by Gasteiger charge is 2.17. The first-order valence-corrected chi connectivity index (χ1v) is 6.74. The van der Waals surface area contributed by atoms with Crippen LogP contribution in [0.5, 0.6) is 0 Å². The first-order valence-electron chi connectivity index (χ1n) is 6.74. The summed E-state index contributed by atoms with van der Waals surface area (Å²) in [6, 6.07) is 10.2. The zero-order valence-corrected chi connectivity index (χ0v) is 12.2. The average molecular weight is 308 g/mol. The summed E-state index contributed by atoms with van der Waals surface area (Å²) in [4.78, 5) is 26.9. The Bertz CT molecular complexity index is 859. The van der Waals surface area contributed by atoms with E-state index in [0.717, 1.165) is 5.56 Å². The lowest BCUT2D eigenvalue weighted by molar-refractivity contribution is 0.0600. The third-order valence-electron chi connectivity index (χ3n) is 3.27. The van der Waals surface area contributed by atoms with Crippen molar-refractivity contribution in [1.29, 1.82) is 0 Å². The Morgan fingerprint density at radius 2 is 2.00 bits per heavy atom. The summed E-state index contributed by atoms with van der Waals surface area (Å²) in [5.41, 5.74) is 2.47. The molecule has 0 aliphatic rings. The Labute approximate surface area is 131 Å². The number of aromatic nitrogens is 4. The molecule has 2 heterocycles. The van der Waals surface area contributed by atoms with Gasteiger partial charge in [-0.3, -0.25) is 9.78 Å². The second-order valence-corrected chi connectivity index (χ2v) is 4.63. The number of ether oxygens (including phenoxy) is 1. The highest BCUT2D eigenvalue weighted by molar-refractivity contribution is 5.90. The Morgan fingerprint density at radius 1 is 1.22 bits per heavy atom. The molecule has 0 unspecified atom stereocenters. The molecule has 114 valence electrons. The van der Waals surface area contributed by atoms with Crippen molar-refractivity contribution >= 4 is 12.3 Å². The highest BCUT2D eigenvalue weighted by atomic mass is 16.5. The Hall–Kier alpha value is -3.35. The number of hydrogen-bond acceptors (Lipinski definition) is 6. The van der Waals surface area contributed by atoms with Crippen LogP contribution in [0.4, 0.5) is 0 Å². The molecule has 0 amide bonds. The van der Waals surface area contributed by atoms with E-state index < -0.39 is 5.97 Å². The summed E-state index contributed by atoms with van der Waals surface area (Å²) in [5, 5.41) is 7.91. The van der Waals surface area contributed by atoms with E-state index in [4.69, 9.17) is 4.74 Å². The zero-order chi connectivity index (χ0) is 16.2. The van der Waals surface area contributed by atoms with Gasteiger partial charge in [0.25, 0.3) is 0 Å². The summed E-state index contributed by atoms with van der Waals surface area (Å²) >= 11 is 0. The molecule has 3 rings (SSSR count). The summed E-state index contributed by atoms with van der Waals surface area (Å²) in [5.74, 6) is -0.451. The molecule has 7 heteroatoms. The van der Waals surface area contributed by atoms with Gasteiger partial charge in [0.1, 0.15) is 5.69 Å². The molecule has 0 bridgehead atoms. The maximum atomic E-state index is 11.7. The molecular formula is C16H12N4O3. The van der Waals surface area contributed by atoms with E-state index in [0.29, 0.717) is 23.2 Å². The van der Waals surface area contributed by atoms with Crippen LogP contribution in [0, 0.1) is 0 Å². The first-order chi connectivity index (χ1) is 11.2. The minimum atomic E-state index is -0.451. The van der Waals surface area contributed by atoms with Crippen molar-refractivity contribution in [3.8, 4) is 16.9 Å². The van der Waals surface area contributed by atoms with E-state index in [2.05, 4.69) is 15.3 Å². The molecule has 23 heavy (non-hydrogen) atoms. The van der Waals surface area contributed by atoms with Gasteiger partial charge in [-0.05, 0) is 30.3 Å². The van der Waals surface area contributed by atoms with Gasteiger partial charge in [0.05, 0.1) is 18.4 Å². The number of aldehydes is 1. The molecule has 0 atom stereocenters. The predicted molar refractivity (Wildman–Crippen MR) is 81.3 cm³/mol. The van der Waals surface area contributed by atoms with E-state index in [-0.39, 0.29) is 5.69 Å². The van der Waals surface area contributed by atoms with Crippen molar-refractivity contribution in [1.82, 2.24) is 20.0 Å². The number of methoxy groups -OCH3 is 1. The second-order valence-electron chi connectivity index (χ2n) is 4.63. The zero-order valence-electron chi connectivity index (χ0n) is 12.2. The van der Waals surface area contributed by atoms with Gasteiger partial charge in [-0.1, -0.05) is 11.3 Å². The maximum absolute atomic E-state index is 11.7. The molecule has 0 saturated carbocycles. The Morgan fingerprint density at radius 3 is 2.70 bits per heavy atom. The van der Waals surface area contributed by atoms with Crippen molar-refractivity contribution in [2.45, 2.75) is 0 Å². The van der Waals surface area contributed by atoms with Crippen LogP contribution >= 0.6 is 0 Å². The third kappa shape index (κ3) is 2.71. The number of benzene rings is 1. The summed E-state index contributed by atoms with van der Waals surface area (Å²) in [6.45, 7) is 0. The largest absolute Gasteiger partial charge is 0.465 e. The van der Waals surface area contributed by atoms with E-state index in [1.54, 1.807) is 48.8 Å². The molecule has 0 N–H and O–H groups in total. The topological polar surface area (TPSA) is 87.0 Å². The van der Waals surface area contributed by atoms with Gasteiger partial charge < -0.3 is 4.74 Å². The van der Waals surface area contributed by atoms with Crippen LogP contribution in [0.1, 0.15) is 20.8 Å². The quantitative estimate of drug-likeness (QED) is 0.540. The van der Waals surface area contributed by atoms with Crippen LogP contribution in [-0.2, 0) is 4.74 Å². The predicted octanol–water partition coefficient (Wildman–Crippen LogP) is 1.93. The van der Waals surface area contributed by atoms with E-state index in [9.17, 15) is 9.59 Å². The molecule has 0 saturated heterocycles.